The predicted octanol–water partition coefficient (Wildman–Crippen LogP) is -5.40. The second-order valence-electron chi connectivity index (χ2n) is 5.53. The van der Waals surface area contributed by atoms with Crippen molar-refractivity contribution >= 4 is 0 Å². The Kier molecular flexibility index (Phi) is 6.27. The summed E-state index contributed by atoms with van der Waals surface area (Å²) in [5, 5.41) is 76.4. The normalized spacial score (nSPS) is 49.3. The van der Waals surface area contributed by atoms with Crippen molar-refractivity contribution in [1.82, 2.24) is 0 Å². The van der Waals surface area contributed by atoms with E-state index < -0.39 is 74.6 Å². The van der Waals surface area contributed by atoms with Crippen molar-refractivity contribution < 1.29 is 55.1 Å². The van der Waals surface area contributed by atoms with E-state index in [1.165, 1.54) is 0 Å². The van der Waals surface area contributed by atoms with E-state index in [1.54, 1.807) is 0 Å². The number of aliphatic hydroxyl groups is 8. The van der Waals surface area contributed by atoms with Crippen LogP contribution in [0.3, 0.4) is 0 Å². The number of hydrogen-bond donors (Lipinski definition) is 8. The molecule has 0 aromatic rings. The molecule has 2 aliphatic rings. The minimum Gasteiger partial charge on any atom is -0.394 e. The fraction of sp³-hybridized carbons (Fsp3) is 1.00. The van der Waals surface area contributed by atoms with Crippen LogP contribution in [0.2, 0.25) is 0 Å². The third-order valence-electron chi connectivity index (χ3n) is 3.96. The van der Waals surface area contributed by atoms with Crippen LogP contribution in [0.1, 0.15) is 0 Å². The smallest absolute Gasteiger partial charge is 0.187 e. The zero-order valence-corrected chi connectivity index (χ0v) is 12.0. The molecule has 0 amide bonds. The second-order valence-corrected chi connectivity index (χ2v) is 5.53. The van der Waals surface area contributed by atoms with Gasteiger partial charge in [0.15, 0.2) is 12.6 Å². The van der Waals surface area contributed by atoms with E-state index in [9.17, 15) is 30.6 Å². The average molecular weight is 342 g/mol. The lowest BCUT2D eigenvalue weighted by Crippen LogP contribution is -2.60. The summed E-state index contributed by atoms with van der Waals surface area (Å²) in [7, 11) is 0. The first-order chi connectivity index (χ1) is 10.8. The summed E-state index contributed by atoms with van der Waals surface area (Å²) < 4.78 is 15.1. The Morgan fingerprint density at radius 3 is 2.09 bits per heavy atom. The number of hydrogen-bond acceptors (Lipinski definition) is 11. The third-order valence-corrected chi connectivity index (χ3v) is 3.96. The molecule has 0 bridgehead atoms. The van der Waals surface area contributed by atoms with Crippen LogP contribution in [0.4, 0.5) is 0 Å². The Morgan fingerprint density at radius 2 is 1.52 bits per heavy atom. The second kappa shape index (κ2) is 7.63. The van der Waals surface area contributed by atoms with Gasteiger partial charge in [0.05, 0.1) is 13.2 Å². The van der Waals surface area contributed by atoms with Crippen molar-refractivity contribution in [2.75, 3.05) is 13.2 Å². The van der Waals surface area contributed by atoms with Gasteiger partial charge in [-0.2, -0.15) is 0 Å². The third kappa shape index (κ3) is 3.65. The highest BCUT2D eigenvalue weighted by atomic mass is 16.7. The minimum atomic E-state index is -1.74. The Bertz CT molecular complexity index is 382. The van der Waals surface area contributed by atoms with Gasteiger partial charge < -0.3 is 55.1 Å². The van der Waals surface area contributed by atoms with Crippen LogP contribution in [0, 0.1) is 0 Å². The Morgan fingerprint density at radius 1 is 0.870 bits per heavy atom. The Balaban J connectivity index is 2.03. The van der Waals surface area contributed by atoms with Crippen LogP contribution in [-0.4, -0.2) is 115 Å². The van der Waals surface area contributed by atoms with Gasteiger partial charge in [-0.3, -0.25) is 0 Å². The highest BCUT2D eigenvalue weighted by molar-refractivity contribution is 4.94. The van der Waals surface area contributed by atoms with Crippen LogP contribution >= 0.6 is 0 Å². The SMILES string of the molecule is OC[C@@H](O)[C@@H]1O[C@H](O[C@@H]2[C@@H](O)[C@@H](O)[C@@H](CO)O[C@@H]2O)[C@H](O)[C@H]1O. The molecule has 11 heteroatoms. The number of ether oxygens (including phenoxy) is 3. The number of rotatable bonds is 5. The molecule has 0 radical (unpaired) electrons. The van der Waals surface area contributed by atoms with Crippen molar-refractivity contribution in [2.45, 2.75) is 61.4 Å². The lowest BCUT2D eigenvalue weighted by Gasteiger charge is -2.40. The maximum atomic E-state index is 9.93. The van der Waals surface area contributed by atoms with E-state index in [1.807, 2.05) is 0 Å². The molecule has 0 aliphatic carbocycles. The summed E-state index contributed by atoms with van der Waals surface area (Å²) >= 11 is 0. The maximum absolute atomic E-state index is 9.93. The Hall–Kier alpha value is -0.440. The van der Waals surface area contributed by atoms with Crippen molar-refractivity contribution in [3.8, 4) is 0 Å². The summed E-state index contributed by atoms with van der Waals surface area (Å²) in [5.74, 6) is 0. The van der Waals surface area contributed by atoms with Gasteiger partial charge in [0.25, 0.3) is 0 Å². The molecule has 0 saturated carbocycles. The van der Waals surface area contributed by atoms with Crippen molar-refractivity contribution in [3.05, 3.63) is 0 Å². The molecule has 2 fully saturated rings. The van der Waals surface area contributed by atoms with E-state index in [2.05, 4.69) is 0 Å². The van der Waals surface area contributed by atoms with E-state index in [4.69, 9.17) is 24.4 Å². The summed E-state index contributed by atoms with van der Waals surface area (Å²) in [4.78, 5) is 0. The molecule has 2 aliphatic heterocycles. The standard InChI is InChI=1S/C12H22O11/c13-1-3(15)9-7(18)8(19)12(22-9)23-10-6(17)5(16)4(2-14)21-11(10)20/h3-20H,1-2H2/t3-,4-,5+,6+,7-,8-,9+,10-,11+,12-/m1/s1. The van der Waals surface area contributed by atoms with Gasteiger partial charge in [0.2, 0.25) is 0 Å². The molecule has 136 valence electrons. The molecular weight excluding hydrogens is 320 g/mol. The van der Waals surface area contributed by atoms with Crippen LogP contribution < -0.4 is 0 Å². The first-order valence-corrected chi connectivity index (χ1v) is 7.08. The minimum absolute atomic E-state index is 0.645. The fourth-order valence-electron chi connectivity index (χ4n) is 2.58. The molecule has 2 rings (SSSR count). The van der Waals surface area contributed by atoms with Crippen molar-refractivity contribution in [1.29, 1.82) is 0 Å². The lowest BCUT2D eigenvalue weighted by atomic mass is 9.99. The van der Waals surface area contributed by atoms with Gasteiger partial charge in [0.1, 0.15) is 48.8 Å². The molecule has 8 N–H and O–H groups in total. The monoisotopic (exact) mass is 342 g/mol. The molecule has 0 unspecified atom stereocenters. The zero-order valence-electron chi connectivity index (χ0n) is 12.0. The summed E-state index contributed by atoms with van der Waals surface area (Å²) in [6, 6.07) is 0. The molecule has 0 aromatic heterocycles. The molecule has 2 saturated heterocycles. The van der Waals surface area contributed by atoms with Crippen molar-refractivity contribution in [3.63, 3.8) is 0 Å². The van der Waals surface area contributed by atoms with Gasteiger partial charge in [-0.05, 0) is 0 Å². The quantitative estimate of drug-likeness (QED) is 0.238. The number of aliphatic hydroxyl groups excluding tert-OH is 8. The maximum Gasteiger partial charge on any atom is 0.187 e. The van der Waals surface area contributed by atoms with Crippen LogP contribution in [0.5, 0.6) is 0 Å². The van der Waals surface area contributed by atoms with Gasteiger partial charge in [-0.25, -0.2) is 0 Å². The molecular formula is C12H22O11. The molecule has 2 heterocycles. The first-order valence-electron chi connectivity index (χ1n) is 7.08. The predicted molar refractivity (Wildman–Crippen MR) is 68.6 cm³/mol. The van der Waals surface area contributed by atoms with E-state index >= 15 is 0 Å². The van der Waals surface area contributed by atoms with Gasteiger partial charge >= 0.3 is 0 Å². The molecule has 0 aromatic carbocycles. The van der Waals surface area contributed by atoms with Gasteiger partial charge in [0, 0.05) is 0 Å². The topological polar surface area (TPSA) is 190 Å². The summed E-state index contributed by atoms with van der Waals surface area (Å²) in [6.45, 7) is -1.37. The summed E-state index contributed by atoms with van der Waals surface area (Å²) in [5.41, 5.74) is 0. The van der Waals surface area contributed by atoms with E-state index in [0.717, 1.165) is 0 Å². The largest absolute Gasteiger partial charge is 0.394 e. The molecule has 11 nitrogen and oxygen atoms in total. The van der Waals surface area contributed by atoms with Gasteiger partial charge in [-0.1, -0.05) is 0 Å². The van der Waals surface area contributed by atoms with Crippen molar-refractivity contribution in [2.24, 2.45) is 0 Å². The van der Waals surface area contributed by atoms with E-state index in [0.29, 0.717) is 0 Å². The lowest BCUT2D eigenvalue weighted by molar-refractivity contribution is -0.328. The van der Waals surface area contributed by atoms with Crippen LogP contribution in [0.15, 0.2) is 0 Å². The average Bonchev–Trinajstić information content (AvgIpc) is 2.82. The highest BCUT2D eigenvalue weighted by Crippen LogP contribution is 2.29. The summed E-state index contributed by atoms with van der Waals surface area (Å²) in [6.07, 6.45) is -15.3. The van der Waals surface area contributed by atoms with Crippen LogP contribution in [-0.2, 0) is 14.2 Å². The van der Waals surface area contributed by atoms with E-state index in [-0.39, 0.29) is 0 Å². The van der Waals surface area contributed by atoms with Crippen LogP contribution in [0.25, 0.3) is 0 Å². The molecule has 23 heavy (non-hydrogen) atoms. The highest BCUT2D eigenvalue weighted by Gasteiger charge is 2.51. The zero-order chi connectivity index (χ0) is 17.3. The molecule has 0 spiro atoms. The Labute approximate surface area is 130 Å². The fourth-order valence-corrected chi connectivity index (χ4v) is 2.58. The molecule has 10 atom stereocenters. The van der Waals surface area contributed by atoms with Gasteiger partial charge in [-0.15, -0.1) is 0 Å². The first kappa shape index (κ1) is 18.9.